The summed E-state index contributed by atoms with van der Waals surface area (Å²) in [6.45, 7) is 0. The quantitative estimate of drug-likeness (QED) is 0.431. The number of carbonyl (C=O) groups excluding carboxylic acids is 1. The second kappa shape index (κ2) is 6.14. The van der Waals surface area contributed by atoms with Crippen molar-refractivity contribution in [1.29, 1.82) is 0 Å². The van der Waals surface area contributed by atoms with Crippen molar-refractivity contribution in [2.45, 2.75) is 0 Å². The second-order valence-electron chi connectivity index (χ2n) is 3.64. The second-order valence-corrected chi connectivity index (χ2v) is 5.41. The number of hydrazine groups is 1. The zero-order valence-electron chi connectivity index (χ0n) is 9.65. The summed E-state index contributed by atoms with van der Waals surface area (Å²) in [4.78, 5) is 15.6. The van der Waals surface area contributed by atoms with E-state index in [1.54, 1.807) is 12.3 Å². The van der Waals surface area contributed by atoms with E-state index in [0.717, 1.165) is 14.6 Å². The number of rotatable bonds is 3. The molecule has 19 heavy (non-hydrogen) atoms. The Labute approximate surface area is 126 Å². The molecule has 2 rings (SSSR count). The van der Waals surface area contributed by atoms with Crippen LogP contribution in [0, 0.1) is 0 Å². The highest BCUT2D eigenvalue weighted by Gasteiger charge is 2.11. The fourth-order valence-electron chi connectivity index (χ4n) is 1.51. The summed E-state index contributed by atoms with van der Waals surface area (Å²) in [5.41, 5.74) is 3.93. The van der Waals surface area contributed by atoms with Gasteiger partial charge in [0.05, 0.1) is 23.1 Å². The summed E-state index contributed by atoms with van der Waals surface area (Å²) in [7, 11) is 0. The van der Waals surface area contributed by atoms with Crippen LogP contribution in [0.15, 0.2) is 45.6 Å². The number of benzene rings is 1. The molecule has 5 nitrogen and oxygen atoms in total. The molecular weight excluding hydrogens is 376 g/mol. The molecule has 0 aliphatic carbocycles. The number of hydrogen-bond donors (Lipinski definition) is 3. The largest absolute Gasteiger partial charge is 0.353 e. The highest BCUT2D eigenvalue weighted by Crippen LogP contribution is 2.29. The van der Waals surface area contributed by atoms with Crippen LogP contribution in [0.2, 0.25) is 0 Å². The first-order valence-electron chi connectivity index (χ1n) is 5.29. The van der Waals surface area contributed by atoms with Crippen LogP contribution in [0.4, 0.5) is 11.4 Å². The number of carbonyl (C=O) groups is 1. The van der Waals surface area contributed by atoms with E-state index in [4.69, 9.17) is 5.84 Å². The molecule has 1 amide bonds. The molecule has 0 spiro atoms. The summed E-state index contributed by atoms with van der Waals surface area (Å²) >= 11 is 6.82. The zero-order chi connectivity index (χ0) is 13.8. The average molecular weight is 386 g/mol. The molecule has 0 bridgehead atoms. The fourth-order valence-corrected chi connectivity index (χ4v) is 2.65. The molecule has 0 aliphatic heterocycles. The molecule has 0 fully saturated rings. The van der Waals surface area contributed by atoms with Crippen molar-refractivity contribution < 1.29 is 4.79 Å². The number of halogens is 2. The Morgan fingerprint density at radius 3 is 2.68 bits per heavy atom. The Morgan fingerprint density at radius 1 is 1.21 bits per heavy atom. The first-order chi connectivity index (χ1) is 9.11. The summed E-state index contributed by atoms with van der Waals surface area (Å²) in [6, 6.07) is 7.27. The number of hydrogen-bond acceptors (Lipinski definition) is 4. The average Bonchev–Trinajstić information content (AvgIpc) is 2.41. The van der Waals surface area contributed by atoms with Crippen LogP contribution in [-0.4, -0.2) is 10.9 Å². The zero-order valence-corrected chi connectivity index (χ0v) is 12.8. The van der Waals surface area contributed by atoms with Gasteiger partial charge in [-0.05, 0) is 40.2 Å². The van der Waals surface area contributed by atoms with Crippen LogP contribution in [0.3, 0.4) is 0 Å². The van der Waals surface area contributed by atoms with Crippen molar-refractivity contribution in [3.05, 3.63) is 51.2 Å². The molecule has 1 heterocycles. The van der Waals surface area contributed by atoms with Crippen molar-refractivity contribution in [2.24, 2.45) is 5.84 Å². The van der Waals surface area contributed by atoms with Gasteiger partial charge >= 0.3 is 0 Å². The van der Waals surface area contributed by atoms with Crippen LogP contribution in [0.25, 0.3) is 0 Å². The first-order valence-corrected chi connectivity index (χ1v) is 6.87. The molecular formula is C12H10Br2N4O. The number of nitrogens with one attached hydrogen (secondary N) is 2. The van der Waals surface area contributed by atoms with Gasteiger partial charge < -0.3 is 5.32 Å². The molecule has 2 aromatic rings. The van der Waals surface area contributed by atoms with E-state index in [2.05, 4.69) is 47.6 Å². The van der Waals surface area contributed by atoms with Crippen LogP contribution in [0.1, 0.15) is 10.4 Å². The number of nitrogens with zero attached hydrogens (tertiary/aromatic N) is 1. The molecule has 1 aromatic heterocycles. The van der Waals surface area contributed by atoms with Gasteiger partial charge in [-0.3, -0.25) is 15.2 Å². The van der Waals surface area contributed by atoms with E-state index in [9.17, 15) is 4.79 Å². The maximum Gasteiger partial charge on any atom is 0.267 e. The van der Waals surface area contributed by atoms with Crippen LogP contribution < -0.4 is 16.6 Å². The lowest BCUT2D eigenvalue weighted by atomic mass is 10.2. The molecule has 0 saturated heterocycles. The van der Waals surface area contributed by atoms with Gasteiger partial charge in [0.1, 0.15) is 0 Å². The standard InChI is InChI=1S/C12H10Br2N4O/c13-7-1-2-10(9(14)5-7)17-11-6-16-4-3-8(11)12(19)18-15/h1-6,17H,15H2,(H,18,19). The molecule has 0 radical (unpaired) electrons. The SMILES string of the molecule is NNC(=O)c1ccncc1Nc1ccc(Br)cc1Br. The number of aromatic nitrogens is 1. The van der Waals surface area contributed by atoms with E-state index in [-0.39, 0.29) is 5.91 Å². The summed E-state index contributed by atoms with van der Waals surface area (Å²) in [6.07, 6.45) is 3.10. The third-order valence-corrected chi connectivity index (χ3v) is 3.55. The van der Waals surface area contributed by atoms with Gasteiger partial charge in [0.15, 0.2) is 0 Å². The van der Waals surface area contributed by atoms with Gasteiger partial charge in [-0.2, -0.15) is 0 Å². The summed E-state index contributed by atoms with van der Waals surface area (Å²) < 4.78 is 1.82. The number of nitrogens with two attached hydrogens (primary N) is 1. The van der Waals surface area contributed by atoms with Crippen molar-refractivity contribution in [3.63, 3.8) is 0 Å². The van der Waals surface area contributed by atoms with E-state index in [0.29, 0.717) is 11.3 Å². The minimum atomic E-state index is -0.377. The first kappa shape index (κ1) is 14.0. The summed E-state index contributed by atoms with van der Waals surface area (Å²) in [5.74, 6) is 4.78. The van der Waals surface area contributed by atoms with Gasteiger partial charge in [0, 0.05) is 15.1 Å². The summed E-state index contributed by atoms with van der Waals surface area (Å²) in [5, 5.41) is 3.14. The number of amides is 1. The monoisotopic (exact) mass is 384 g/mol. The fraction of sp³-hybridized carbons (Fsp3) is 0. The predicted molar refractivity (Wildman–Crippen MR) is 81.0 cm³/mol. The maximum absolute atomic E-state index is 11.6. The topological polar surface area (TPSA) is 80.0 Å². The smallest absolute Gasteiger partial charge is 0.267 e. The molecule has 0 atom stereocenters. The molecule has 98 valence electrons. The van der Waals surface area contributed by atoms with E-state index in [1.165, 1.54) is 6.20 Å². The van der Waals surface area contributed by atoms with Gasteiger partial charge in [0.25, 0.3) is 5.91 Å². The minimum Gasteiger partial charge on any atom is -0.353 e. The molecule has 0 aliphatic rings. The van der Waals surface area contributed by atoms with Crippen molar-refractivity contribution in [1.82, 2.24) is 10.4 Å². The highest BCUT2D eigenvalue weighted by atomic mass is 79.9. The Morgan fingerprint density at radius 2 is 2.00 bits per heavy atom. The molecule has 1 aromatic carbocycles. The Balaban J connectivity index is 2.35. The number of nitrogen functional groups attached to an aromatic ring is 1. The van der Waals surface area contributed by atoms with Gasteiger partial charge in [0.2, 0.25) is 0 Å². The van der Waals surface area contributed by atoms with E-state index >= 15 is 0 Å². The Hall–Kier alpha value is -1.44. The van der Waals surface area contributed by atoms with Gasteiger partial charge in [-0.15, -0.1) is 0 Å². The minimum absolute atomic E-state index is 0.377. The van der Waals surface area contributed by atoms with Crippen molar-refractivity contribution in [3.8, 4) is 0 Å². The molecule has 0 unspecified atom stereocenters. The van der Waals surface area contributed by atoms with E-state index < -0.39 is 0 Å². The molecule has 4 N–H and O–H groups in total. The maximum atomic E-state index is 11.6. The predicted octanol–water partition coefficient (Wildman–Crippen LogP) is 2.95. The lowest BCUT2D eigenvalue weighted by molar-refractivity contribution is 0.0954. The van der Waals surface area contributed by atoms with Crippen LogP contribution in [0.5, 0.6) is 0 Å². The lowest BCUT2D eigenvalue weighted by Gasteiger charge is -2.12. The third-order valence-electron chi connectivity index (χ3n) is 2.40. The Bertz CT molecular complexity index is 618. The van der Waals surface area contributed by atoms with E-state index in [1.807, 2.05) is 18.2 Å². The van der Waals surface area contributed by atoms with Gasteiger partial charge in [-0.1, -0.05) is 15.9 Å². The molecule has 0 saturated carbocycles. The van der Waals surface area contributed by atoms with Crippen molar-refractivity contribution in [2.75, 3.05) is 5.32 Å². The van der Waals surface area contributed by atoms with Crippen molar-refractivity contribution >= 4 is 49.1 Å². The normalized spacial score (nSPS) is 10.1. The van der Waals surface area contributed by atoms with Crippen LogP contribution in [-0.2, 0) is 0 Å². The lowest BCUT2D eigenvalue weighted by Crippen LogP contribution is -2.30. The third kappa shape index (κ3) is 3.31. The highest BCUT2D eigenvalue weighted by molar-refractivity contribution is 9.11. The van der Waals surface area contributed by atoms with Gasteiger partial charge in [-0.25, -0.2) is 5.84 Å². The number of pyridine rings is 1. The number of anilines is 2. The van der Waals surface area contributed by atoms with Crippen LogP contribution >= 0.6 is 31.9 Å². The molecule has 7 heteroatoms. The Kier molecular flexibility index (Phi) is 4.52.